The van der Waals surface area contributed by atoms with Crippen molar-refractivity contribution in [2.24, 2.45) is 0 Å². The van der Waals surface area contributed by atoms with Crippen LogP contribution in [0.5, 0.6) is 5.88 Å². The largest absolute Gasteiger partial charge is 0.472 e. The molecule has 5 nitrogen and oxygen atoms in total. The standard InChI is InChI=1S/C19H17BrN2O3S/c20-18-6-3-10-21-19(18)25-16-9-11-22(13-16)26(23,24)17-8-7-14-4-1-2-5-15(14)12-17/h1-8,10,12,16H,9,11,13H2. The second-order valence-electron chi connectivity index (χ2n) is 6.19. The van der Waals surface area contributed by atoms with Gasteiger partial charge in [0.1, 0.15) is 6.10 Å². The summed E-state index contributed by atoms with van der Waals surface area (Å²) in [7, 11) is -3.54. The summed E-state index contributed by atoms with van der Waals surface area (Å²) in [5, 5.41) is 1.94. The van der Waals surface area contributed by atoms with Crippen molar-refractivity contribution < 1.29 is 13.2 Å². The van der Waals surface area contributed by atoms with Crippen LogP contribution in [0.1, 0.15) is 6.42 Å². The first kappa shape index (κ1) is 17.5. The summed E-state index contributed by atoms with van der Waals surface area (Å²) in [4.78, 5) is 4.50. The first-order valence-electron chi connectivity index (χ1n) is 8.30. The van der Waals surface area contributed by atoms with E-state index in [0.29, 0.717) is 30.3 Å². The van der Waals surface area contributed by atoms with Crippen LogP contribution in [0.15, 0.2) is 70.2 Å². The summed E-state index contributed by atoms with van der Waals surface area (Å²) in [5.74, 6) is 0.488. The molecule has 3 aromatic rings. The van der Waals surface area contributed by atoms with Crippen LogP contribution >= 0.6 is 15.9 Å². The van der Waals surface area contributed by atoms with Gasteiger partial charge in [-0.3, -0.25) is 0 Å². The van der Waals surface area contributed by atoms with E-state index in [9.17, 15) is 8.42 Å². The Kier molecular flexibility index (Phi) is 4.69. The molecule has 26 heavy (non-hydrogen) atoms. The summed E-state index contributed by atoms with van der Waals surface area (Å²) in [5.41, 5.74) is 0. The van der Waals surface area contributed by atoms with E-state index >= 15 is 0 Å². The molecule has 2 aromatic carbocycles. The first-order chi connectivity index (χ1) is 12.5. The lowest BCUT2D eigenvalue weighted by Gasteiger charge is -2.17. The molecule has 0 radical (unpaired) electrons. The molecule has 7 heteroatoms. The summed E-state index contributed by atoms with van der Waals surface area (Å²) in [6.07, 6.45) is 2.07. The summed E-state index contributed by atoms with van der Waals surface area (Å²) < 4.78 is 34.1. The molecule has 1 saturated heterocycles. The quantitative estimate of drug-likeness (QED) is 0.628. The van der Waals surface area contributed by atoms with Gasteiger partial charge in [0.25, 0.3) is 0 Å². The number of rotatable bonds is 4. The van der Waals surface area contributed by atoms with Gasteiger partial charge in [-0.25, -0.2) is 13.4 Å². The Bertz CT molecular complexity index is 1060. The second kappa shape index (κ2) is 6.98. The van der Waals surface area contributed by atoms with E-state index in [4.69, 9.17) is 4.74 Å². The van der Waals surface area contributed by atoms with Crippen molar-refractivity contribution in [1.82, 2.24) is 9.29 Å². The minimum absolute atomic E-state index is 0.212. The lowest BCUT2D eigenvalue weighted by molar-refractivity contribution is 0.205. The zero-order valence-corrected chi connectivity index (χ0v) is 16.3. The molecule has 1 aliphatic heterocycles. The Balaban J connectivity index is 1.54. The molecule has 1 atom stereocenters. The molecular weight excluding hydrogens is 416 g/mol. The van der Waals surface area contributed by atoms with Crippen LogP contribution in [0, 0.1) is 0 Å². The van der Waals surface area contributed by atoms with E-state index in [-0.39, 0.29) is 6.10 Å². The van der Waals surface area contributed by atoms with E-state index in [0.717, 1.165) is 15.2 Å². The number of sulfonamides is 1. The molecule has 0 amide bonds. The van der Waals surface area contributed by atoms with E-state index in [1.807, 2.05) is 42.5 Å². The molecule has 0 spiro atoms. The van der Waals surface area contributed by atoms with Crippen molar-refractivity contribution in [3.05, 3.63) is 65.3 Å². The molecule has 0 bridgehead atoms. The van der Waals surface area contributed by atoms with Crippen LogP contribution in [-0.2, 0) is 10.0 Å². The molecule has 1 aromatic heterocycles. The lowest BCUT2D eigenvalue weighted by Crippen LogP contribution is -2.31. The zero-order chi connectivity index (χ0) is 18.1. The van der Waals surface area contributed by atoms with Crippen LogP contribution in [-0.4, -0.2) is 36.9 Å². The highest BCUT2D eigenvalue weighted by atomic mass is 79.9. The van der Waals surface area contributed by atoms with E-state index < -0.39 is 10.0 Å². The minimum Gasteiger partial charge on any atom is -0.472 e. The first-order valence-corrected chi connectivity index (χ1v) is 10.5. The van der Waals surface area contributed by atoms with Gasteiger partial charge in [-0.2, -0.15) is 4.31 Å². The Labute approximate surface area is 160 Å². The normalized spacial score (nSPS) is 18.3. The molecule has 1 fully saturated rings. The number of fused-ring (bicyclic) bond motifs is 1. The molecule has 2 heterocycles. The van der Waals surface area contributed by atoms with Crippen LogP contribution in [0.2, 0.25) is 0 Å². The molecule has 134 valence electrons. The van der Waals surface area contributed by atoms with Crippen molar-refractivity contribution >= 4 is 36.7 Å². The molecule has 0 saturated carbocycles. The number of hydrogen-bond donors (Lipinski definition) is 0. The lowest BCUT2D eigenvalue weighted by atomic mass is 10.1. The Hall–Kier alpha value is -1.96. The molecule has 4 rings (SSSR count). The number of pyridine rings is 1. The van der Waals surface area contributed by atoms with Crippen LogP contribution < -0.4 is 4.74 Å². The van der Waals surface area contributed by atoms with Crippen molar-refractivity contribution in [3.8, 4) is 5.88 Å². The highest BCUT2D eigenvalue weighted by molar-refractivity contribution is 9.10. The van der Waals surface area contributed by atoms with Gasteiger partial charge in [-0.15, -0.1) is 0 Å². The van der Waals surface area contributed by atoms with E-state index in [1.54, 1.807) is 18.3 Å². The Morgan fingerprint density at radius 2 is 1.88 bits per heavy atom. The average Bonchev–Trinajstić information content (AvgIpc) is 3.13. The van der Waals surface area contributed by atoms with Crippen molar-refractivity contribution in [3.63, 3.8) is 0 Å². The molecule has 0 aliphatic carbocycles. The maximum absolute atomic E-state index is 13.0. The molecule has 1 aliphatic rings. The van der Waals surface area contributed by atoms with Gasteiger partial charge in [0.15, 0.2) is 0 Å². The third kappa shape index (κ3) is 3.34. The van der Waals surface area contributed by atoms with Gasteiger partial charge in [0, 0.05) is 12.7 Å². The number of ether oxygens (including phenoxy) is 1. The van der Waals surface area contributed by atoms with Crippen molar-refractivity contribution in [1.29, 1.82) is 0 Å². The second-order valence-corrected chi connectivity index (χ2v) is 8.98. The van der Waals surface area contributed by atoms with Gasteiger partial charge >= 0.3 is 0 Å². The van der Waals surface area contributed by atoms with Gasteiger partial charge in [-0.05, 0) is 57.4 Å². The van der Waals surface area contributed by atoms with Gasteiger partial charge in [-0.1, -0.05) is 30.3 Å². The molecule has 0 N–H and O–H groups in total. The predicted octanol–water partition coefficient (Wildman–Crippen LogP) is 3.84. The fourth-order valence-corrected chi connectivity index (χ4v) is 4.98. The average molecular weight is 433 g/mol. The molecule has 1 unspecified atom stereocenters. The van der Waals surface area contributed by atoms with Gasteiger partial charge < -0.3 is 4.74 Å². The van der Waals surface area contributed by atoms with Gasteiger partial charge in [0.05, 0.1) is 15.9 Å². The monoisotopic (exact) mass is 432 g/mol. The number of nitrogens with zero attached hydrogens (tertiary/aromatic N) is 2. The third-order valence-electron chi connectivity index (χ3n) is 4.47. The van der Waals surface area contributed by atoms with Gasteiger partial charge in [0.2, 0.25) is 15.9 Å². The van der Waals surface area contributed by atoms with Crippen LogP contribution in [0.4, 0.5) is 0 Å². The van der Waals surface area contributed by atoms with E-state index in [2.05, 4.69) is 20.9 Å². The topological polar surface area (TPSA) is 59.5 Å². The SMILES string of the molecule is O=S(=O)(c1ccc2ccccc2c1)N1CCC(Oc2ncccc2Br)C1. The zero-order valence-electron chi connectivity index (χ0n) is 13.9. The summed E-state index contributed by atoms with van der Waals surface area (Å²) >= 11 is 3.40. The summed E-state index contributed by atoms with van der Waals surface area (Å²) in [6.45, 7) is 0.752. The molecular formula is C19H17BrN2O3S. The number of aromatic nitrogens is 1. The number of halogens is 1. The van der Waals surface area contributed by atoms with Crippen LogP contribution in [0.3, 0.4) is 0 Å². The maximum atomic E-state index is 13.0. The van der Waals surface area contributed by atoms with Crippen LogP contribution in [0.25, 0.3) is 10.8 Å². The fourth-order valence-electron chi connectivity index (χ4n) is 3.10. The number of hydrogen-bond acceptors (Lipinski definition) is 4. The fraction of sp³-hybridized carbons (Fsp3) is 0.211. The Morgan fingerprint density at radius 1 is 1.08 bits per heavy atom. The predicted molar refractivity (Wildman–Crippen MR) is 104 cm³/mol. The summed E-state index contributed by atoms with van der Waals surface area (Å²) in [6, 6.07) is 16.6. The third-order valence-corrected chi connectivity index (χ3v) is 6.93. The highest BCUT2D eigenvalue weighted by Crippen LogP contribution is 2.28. The smallest absolute Gasteiger partial charge is 0.243 e. The van der Waals surface area contributed by atoms with Crippen molar-refractivity contribution in [2.45, 2.75) is 17.4 Å². The number of benzene rings is 2. The van der Waals surface area contributed by atoms with E-state index in [1.165, 1.54) is 4.31 Å². The van der Waals surface area contributed by atoms with Crippen molar-refractivity contribution in [2.75, 3.05) is 13.1 Å². The highest BCUT2D eigenvalue weighted by Gasteiger charge is 2.34. The minimum atomic E-state index is -3.54. The maximum Gasteiger partial charge on any atom is 0.243 e. The Morgan fingerprint density at radius 3 is 2.69 bits per heavy atom.